The lowest BCUT2D eigenvalue weighted by molar-refractivity contribution is 0.652. The molecule has 0 saturated heterocycles. The molecule has 0 spiro atoms. The molecule has 0 aliphatic carbocycles. The summed E-state index contributed by atoms with van der Waals surface area (Å²) < 4.78 is 5.59. The molecule has 1 atom stereocenters. The molecular formula is C18H7Cl6OP. The number of ether oxygens (including phenoxy) is 1. The Hall–Kier alpha value is -0.370. The van der Waals surface area contributed by atoms with Gasteiger partial charge in [0.25, 0.3) is 0 Å². The standard InChI is InChI=1S/C18H7Cl6OP/c19-9-6-7-10(12(21)11(9)20)26(8-4-2-1-3-5-8)18-15(24)13(22)14(23)16-17(18)25-16/h1-7H. The van der Waals surface area contributed by atoms with E-state index in [1.165, 1.54) is 0 Å². The minimum Gasteiger partial charge on any atom is -0.447 e. The molecule has 1 aliphatic rings. The SMILES string of the molecule is Clc1ccc(P(c2ccccc2)c2c(Cl)c(Cl)c(Cl)c3c2O3)c(Cl)c1Cl. The first kappa shape index (κ1) is 19.0. The summed E-state index contributed by atoms with van der Waals surface area (Å²) in [5.41, 5.74) is 0. The number of rotatable bonds is 3. The maximum absolute atomic E-state index is 6.57. The highest BCUT2D eigenvalue weighted by molar-refractivity contribution is 7.80. The second-order valence-electron chi connectivity index (χ2n) is 5.42. The molecule has 3 aromatic rings. The number of fused-ring (bicyclic) bond motifs is 1. The van der Waals surface area contributed by atoms with Crippen molar-refractivity contribution < 1.29 is 4.74 Å². The molecule has 8 heteroatoms. The molecule has 4 rings (SSSR count). The fraction of sp³-hybridized carbons (Fsp3) is 0. The van der Waals surface area contributed by atoms with E-state index in [4.69, 9.17) is 74.3 Å². The monoisotopic (exact) mass is 480 g/mol. The highest BCUT2D eigenvalue weighted by atomic mass is 35.5. The Morgan fingerprint density at radius 2 is 1.31 bits per heavy atom. The van der Waals surface area contributed by atoms with Crippen LogP contribution in [0.4, 0.5) is 0 Å². The molecule has 0 aromatic heterocycles. The van der Waals surface area contributed by atoms with Crippen LogP contribution in [0, 0.1) is 0 Å². The normalized spacial score (nSPS) is 13.2. The Balaban J connectivity index is 2.02. The zero-order valence-corrected chi connectivity index (χ0v) is 18.1. The third-order valence-corrected chi connectivity index (χ3v) is 9.28. The van der Waals surface area contributed by atoms with Crippen LogP contribution in [-0.4, -0.2) is 0 Å². The van der Waals surface area contributed by atoms with Crippen molar-refractivity contribution in [3.05, 3.63) is 72.6 Å². The molecule has 132 valence electrons. The van der Waals surface area contributed by atoms with Crippen molar-refractivity contribution in [2.45, 2.75) is 0 Å². The quantitative estimate of drug-likeness (QED) is 0.167. The lowest BCUT2D eigenvalue weighted by atomic mass is 10.3. The van der Waals surface area contributed by atoms with Crippen LogP contribution in [0.2, 0.25) is 30.1 Å². The molecule has 0 N–H and O–H groups in total. The van der Waals surface area contributed by atoms with Gasteiger partial charge in [-0.2, -0.15) is 0 Å². The van der Waals surface area contributed by atoms with Crippen molar-refractivity contribution in [3.8, 4) is 11.5 Å². The van der Waals surface area contributed by atoms with E-state index in [2.05, 4.69) is 0 Å². The summed E-state index contributed by atoms with van der Waals surface area (Å²) in [6, 6.07) is 13.4. The minimum absolute atomic E-state index is 0.263. The average molecular weight is 483 g/mol. The van der Waals surface area contributed by atoms with Crippen molar-refractivity contribution in [2.75, 3.05) is 0 Å². The van der Waals surface area contributed by atoms with Gasteiger partial charge in [-0.25, -0.2) is 0 Å². The van der Waals surface area contributed by atoms with Crippen molar-refractivity contribution in [2.24, 2.45) is 0 Å². The summed E-state index contributed by atoms with van der Waals surface area (Å²) in [5, 5.41) is 4.58. The molecule has 0 radical (unpaired) electrons. The van der Waals surface area contributed by atoms with E-state index in [0.29, 0.717) is 36.6 Å². The number of benzene rings is 3. The Bertz CT molecular complexity index is 1040. The van der Waals surface area contributed by atoms with Gasteiger partial charge in [0.05, 0.1) is 30.4 Å². The molecule has 1 heterocycles. The van der Waals surface area contributed by atoms with Gasteiger partial charge in [0.1, 0.15) is 5.02 Å². The smallest absolute Gasteiger partial charge is 0.191 e. The number of halogens is 6. The summed E-state index contributed by atoms with van der Waals surface area (Å²) in [6.07, 6.45) is 0. The maximum Gasteiger partial charge on any atom is 0.191 e. The fourth-order valence-corrected chi connectivity index (χ4v) is 6.87. The average Bonchev–Trinajstić information content (AvgIpc) is 3.44. The zero-order valence-electron chi connectivity index (χ0n) is 12.7. The van der Waals surface area contributed by atoms with Crippen molar-refractivity contribution in [1.29, 1.82) is 0 Å². The van der Waals surface area contributed by atoms with Gasteiger partial charge in [-0.1, -0.05) is 106 Å². The molecule has 0 bridgehead atoms. The number of hydrogen-bond donors (Lipinski definition) is 0. The molecule has 1 nitrogen and oxygen atoms in total. The summed E-state index contributed by atoms with van der Waals surface area (Å²) in [4.78, 5) is 0. The van der Waals surface area contributed by atoms with Crippen LogP contribution in [-0.2, 0) is 0 Å². The summed E-state index contributed by atoms with van der Waals surface area (Å²) in [5.74, 6) is 1.19. The summed E-state index contributed by atoms with van der Waals surface area (Å²) in [7, 11) is -1.19. The predicted molar refractivity (Wildman–Crippen MR) is 115 cm³/mol. The lowest BCUT2D eigenvalue weighted by Gasteiger charge is -2.21. The Morgan fingerprint density at radius 3 is 2.00 bits per heavy atom. The molecule has 3 aromatic carbocycles. The molecule has 0 saturated carbocycles. The van der Waals surface area contributed by atoms with E-state index in [-0.39, 0.29) is 5.02 Å². The highest BCUT2D eigenvalue weighted by Crippen LogP contribution is 2.59. The van der Waals surface area contributed by atoms with Gasteiger partial charge in [-0.15, -0.1) is 0 Å². The summed E-state index contributed by atoms with van der Waals surface area (Å²) >= 11 is 38.0. The molecule has 0 fully saturated rings. The minimum atomic E-state index is -1.19. The topological polar surface area (TPSA) is 12.5 Å². The van der Waals surface area contributed by atoms with E-state index >= 15 is 0 Å². The van der Waals surface area contributed by atoms with Crippen LogP contribution >= 0.6 is 77.5 Å². The first-order chi connectivity index (χ1) is 12.4. The van der Waals surface area contributed by atoms with E-state index < -0.39 is 7.92 Å². The number of hydrogen-bond acceptors (Lipinski definition) is 1. The van der Waals surface area contributed by atoms with Gasteiger partial charge in [0.15, 0.2) is 11.5 Å². The van der Waals surface area contributed by atoms with Crippen molar-refractivity contribution >= 4 is 93.4 Å². The molecule has 0 amide bonds. The Morgan fingerprint density at radius 1 is 0.615 bits per heavy atom. The van der Waals surface area contributed by atoms with Gasteiger partial charge in [-0.3, -0.25) is 0 Å². The Labute approximate surface area is 181 Å². The third kappa shape index (κ3) is 3.09. The highest BCUT2D eigenvalue weighted by Gasteiger charge is 2.39. The van der Waals surface area contributed by atoms with Crippen LogP contribution in [0.1, 0.15) is 0 Å². The predicted octanol–water partition coefficient (Wildman–Crippen LogP) is 7.47. The van der Waals surface area contributed by atoms with Gasteiger partial charge < -0.3 is 4.74 Å². The largest absolute Gasteiger partial charge is 0.447 e. The fourth-order valence-electron chi connectivity index (χ4n) is 2.63. The van der Waals surface area contributed by atoms with Gasteiger partial charge in [0.2, 0.25) is 0 Å². The van der Waals surface area contributed by atoms with Crippen LogP contribution in [0.25, 0.3) is 0 Å². The van der Waals surface area contributed by atoms with Crippen molar-refractivity contribution in [1.82, 2.24) is 0 Å². The van der Waals surface area contributed by atoms with Crippen molar-refractivity contribution in [3.63, 3.8) is 0 Å². The Kier molecular flexibility index (Phi) is 5.27. The second kappa shape index (κ2) is 7.22. The molecular weight excluding hydrogens is 476 g/mol. The molecule has 1 aliphatic heterocycles. The van der Waals surface area contributed by atoms with Gasteiger partial charge in [0, 0.05) is 5.30 Å². The zero-order chi connectivity index (χ0) is 18.6. The second-order valence-corrected chi connectivity index (χ2v) is 9.83. The molecule has 1 unspecified atom stereocenters. The van der Waals surface area contributed by atoms with Gasteiger partial charge in [-0.05, 0) is 19.3 Å². The van der Waals surface area contributed by atoms with Crippen LogP contribution in [0.5, 0.6) is 11.5 Å². The maximum atomic E-state index is 6.57. The first-order valence-corrected chi connectivity index (χ1v) is 10.9. The van der Waals surface area contributed by atoms with Gasteiger partial charge >= 0.3 is 0 Å². The lowest BCUT2D eigenvalue weighted by Crippen LogP contribution is -2.22. The van der Waals surface area contributed by atoms with Crippen LogP contribution in [0.3, 0.4) is 0 Å². The van der Waals surface area contributed by atoms with Crippen LogP contribution < -0.4 is 20.7 Å². The van der Waals surface area contributed by atoms with E-state index in [1.54, 1.807) is 6.07 Å². The van der Waals surface area contributed by atoms with E-state index in [0.717, 1.165) is 15.9 Å². The van der Waals surface area contributed by atoms with Crippen LogP contribution in [0.15, 0.2) is 42.5 Å². The van der Waals surface area contributed by atoms with E-state index in [1.807, 2.05) is 36.4 Å². The molecule has 26 heavy (non-hydrogen) atoms. The third-order valence-electron chi connectivity index (χ3n) is 3.87. The van der Waals surface area contributed by atoms with E-state index in [9.17, 15) is 0 Å². The first-order valence-electron chi connectivity index (χ1n) is 7.28. The summed E-state index contributed by atoms with van der Waals surface area (Å²) in [6.45, 7) is 0.